The Balaban J connectivity index is 0. The third-order valence-electron chi connectivity index (χ3n) is 6.82. The number of rotatable bonds is 24. The molecule has 0 aromatic rings. The van der Waals surface area contributed by atoms with E-state index in [9.17, 15) is 9.59 Å². The Labute approximate surface area is 224 Å². The average molecular weight is 515 g/mol. The summed E-state index contributed by atoms with van der Waals surface area (Å²) in [6, 6.07) is 0. The van der Waals surface area contributed by atoms with Crippen LogP contribution in [0.25, 0.3) is 0 Å². The Morgan fingerprint density at radius 1 is 0.528 bits per heavy atom. The zero-order valence-corrected chi connectivity index (χ0v) is 24.8. The number of ether oxygens (including phenoxy) is 2. The van der Waals surface area contributed by atoms with E-state index in [4.69, 9.17) is 14.6 Å². The van der Waals surface area contributed by atoms with Crippen molar-refractivity contribution in [1.29, 1.82) is 0 Å². The molecule has 0 bridgehead atoms. The number of hydrogen-bond donors (Lipinski definition) is 1. The second-order valence-corrected chi connectivity index (χ2v) is 10.3. The Hall–Kier alpha value is -1.10. The van der Waals surface area contributed by atoms with Crippen molar-refractivity contribution >= 4 is 11.9 Å². The van der Waals surface area contributed by atoms with E-state index in [1.54, 1.807) is 0 Å². The maximum absolute atomic E-state index is 11.5. The van der Waals surface area contributed by atoms with Crippen molar-refractivity contribution in [1.82, 2.24) is 0 Å². The molecule has 0 saturated heterocycles. The van der Waals surface area contributed by atoms with Crippen molar-refractivity contribution in [3.05, 3.63) is 0 Å². The number of aliphatic hydroxyl groups is 1. The van der Waals surface area contributed by atoms with Gasteiger partial charge in [-0.05, 0) is 19.3 Å². The van der Waals surface area contributed by atoms with Crippen LogP contribution in [0.2, 0.25) is 0 Å². The van der Waals surface area contributed by atoms with E-state index in [0.29, 0.717) is 19.6 Å². The van der Waals surface area contributed by atoms with Crippen molar-refractivity contribution in [2.45, 2.75) is 157 Å². The molecule has 0 aromatic carbocycles. The minimum atomic E-state index is -0.166. The first-order valence-corrected chi connectivity index (χ1v) is 15.4. The van der Waals surface area contributed by atoms with E-state index in [1.807, 2.05) is 27.7 Å². The summed E-state index contributed by atoms with van der Waals surface area (Å²) < 4.78 is 10.1. The van der Waals surface area contributed by atoms with E-state index >= 15 is 0 Å². The molecule has 0 saturated carbocycles. The number of carbonyl (C=O) groups is 2. The lowest BCUT2D eigenvalue weighted by molar-refractivity contribution is -0.149. The maximum Gasteiger partial charge on any atom is 0.308 e. The fourth-order valence-corrected chi connectivity index (χ4v) is 3.68. The van der Waals surface area contributed by atoms with Gasteiger partial charge in [-0.15, -0.1) is 0 Å². The van der Waals surface area contributed by atoms with Crippen molar-refractivity contribution in [3.8, 4) is 0 Å². The monoisotopic (exact) mass is 514 g/mol. The maximum atomic E-state index is 11.5. The summed E-state index contributed by atoms with van der Waals surface area (Å²) in [7, 11) is 0. The predicted octanol–water partition coefficient (Wildman–Crippen LogP) is 8.80. The van der Waals surface area contributed by atoms with E-state index < -0.39 is 0 Å². The van der Waals surface area contributed by atoms with Crippen molar-refractivity contribution in [2.75, 3.05) is 19.8 Å². The summed E-state index contributed by atoms with van der Waals surface area (Å²) in [6.45, 7) is 11.1. The van der Waals surface area contributed by atoms with Crippen LogP contribution in [0, 0.1) is 11.8 Å². The molecule has 0 rings (SSSR count). The second-order valence-electron chi connectivity index (χ2n) is 10.3. The third kappa shape index (κ3) is 27.5. The molecule has 216 valence electrons. The van der Waals surface area contributed by atoms with Crippen LogP contribution in [-0.2, 0) is 19.1 Å². The molecular weight excluding hydrogens is 452 g/mol. The fourth-order valence-electron chi connectivity index (χ4n) is 3.68. The Kier molecular flexibility index (Phi) is 31.0. The van der Waals surface area contributed by atoms with Crippen molar-refractivity contribution in [3.63, 3.8) is 0 Å². The smallest absolute Gasteiger partial charge is 0.308 e. The van der Waals surface area contributed by atoms with Crippen LogP contribution in [0.5, 0.6) is 0 Å². The predicted molar refractivity (Wildman–Crippen MR) is 152 cm³/mol. The standard InChI is InChI=1S/C23H46O2.C8H16O3/c1-4-6-7-8-9-10-11-12-13-14-15-16-17-18-19-20-21-25-23(24)22(3)5-2;1-3-7(2)8(10)11-6-4-5-9/h22H,4-21H2,1-3H3;7,9H,3-6H2,1-2H3. The highest BCUT2D eigenvalue weighted by atomic mass is 16.5. The zero-order chi connectivity index (χ0) is 27.3. The second kappa shape index (κ2) is 30.1. The van der Waals surface area contributed by atoms with Gasteiger partial charge in [0.05, 0.1) is 25.0 Å². The highest BCUT2D eigenvalue weighted by Gasteiger charge is 2.11. The van der Waals surface area contributed by atoms with Crippen LogP contribution < -0.4 is 0 Å². The Morgan fingerprint density at radius 3 is 1.14 bits per heavy atom. The van der Waals surface area contributed by atoms with Crippen LogP contribution in [-0.4, -0.2) is 36.9 Å². The van der Waals surface area contributed by atoms with Gasteiger partial charge < -0.3 is 14.6 Å². The molecule has 2 atom stereocenters. The van der Waals surface area contributed by atoms with E-state index in [0.717, 1.165) is 19.3 Å². The minimum absolute atomic E-state index is 0.0197. The largest absolute Gasteiger partial charge is 0.465 e. The van der Waals surface area contributed by atoms with E-state index in [-0.39, 0.29) is 30.4 Å². The normalized spacial score (nSPS) is 12.4. The first-order valence-electron chi connectivity index (χ1n) is 15.4. The Morgan fingerprint density at radius 2 is 0.833 bits per heavy atom. The van der Waals surface area contributed by atoms with Crippen LogP contribution in [0.1, 0.15) is 157 Å². The summed E-state index contributed by atoms with van der Waals surface area (Å²) in [5, 5.41) is 8.38. The summed E-state index contributed by atoms with van der Waals surface area (Å²) in [4.78, 5) is 22.5. The lowest BCUT2D eigenvalue weighted by atomic mass is 10.0. The van der Waals surface area contributed by atoms with E-state index in [2.05, 4.69) is 6.92 Å². The first-order chi connectivity index (χ1) is 17.4. The number of hydrogen-bond acceptors (Lipinski definition) is 5. The summed E-state index contributed by atoms with van der Waals surface area (Å²) in [5.41, 5.74) is 0. The fraction of sp³-hybridized carbons (Fsp3) is 0.935. The highest BCUT2D eigenvalue weighted by Crippen LogP contribution is 2.14. The van der Waals surface area contributed by atoms with Crippen molar-refractivity contribution < 1.29 is 24.2 Å². The van der Waals surface area contributed by atoms with Crippen LogP contribution in [0.15, 0.2) is 0 Å². The van der Waals surface area contributed by atoms with Gasteiger partial charge in [-0.25, -0.2) is 0 Å². The van der Waals surface area contributed by atoms with E-state index in [1.165, 1.54) is 96.3 Å². The molecular formula is C31H62O5. The molecule has 2 unspecified atom stereocenters. The number of aliphatic hydroxyl groups excluding tert-OH is 1. The van der Waals surface area contributed by atoms with Gasteiger partial charge in [-0.1, -0.05) is 131 Å². The molecule has 0 aliphatic rings. The molecule has 0 spiro atoms. The van der Waals surface area contributed by atoms with Crippen LogP contribution >= 0.6 is 0 Å². The lowest BCUT2D eigenvalue weighted by Crippen LogP contribution is -2.14. The molecule has 0 aliphatic heterocycles. The molecule has 0 amide bonds. The van der Waals surface area contributed by atoms with Gasteiger partial charge in [-0.2, -0.15) is 0 Å². The summed E-state index contributed by atoms with van der Waals surface area (Å²) in [5.74, 6) is -0.154. The first kappa shape index (κ1) is 37.1. The number of carbonyl (C=O) groups excluding carboxylic acids is 2. The molecule has 5 nitrogen and oxygen atoms in total. The molecule has 0 radical (unpaired) electrons. The number of unbranched alkanes of at least 4 members (excludes halogenated alkanes) is 15. The SMILES string of the molecule is CCC(C)C(=O)OCCCO.CCCCCCCCCCCCCCCCCCOC(=O)C(C)CC. The molecule has 0 aliphatic carbocycles. The topological polar surface area (TPSA) is 72.8 Å². The van der Waals surface area contributed by atoms with Crippen LogP contribution in [0.4, 0.5) is 0 Å². The van der Waals surface area contributed by atoms with Gasteiger partial charge in [0.2, 0.25) is 0 Å². The lowest BCUT2D eigenvalue weighted by Gasteiger charge is -2.08. The quantitative estimate of drug-likeness (QED) is 0.103. The van der Waals surface area contributed by atoms with Crippen molar-refractivity contribution in [2.24, 2.45) is 11.8 Å². The van der Waals surface area contributed by atoms with Gasteiger partial charge in [0, 0.05) is 13.0 Å². The molecule has 0 fully saturated rings. The van der Waals surface area contributed by atoms with Crippen LogP contribution in [0.3, 0.4) is 0 Å². The third-order valence-corrected chi connectivity index (χ3v) is 6.82. The molecule has 1 N–H and O–H groups in total. The Bertz CT molecular complexity index is 466. The van der Waals surface area contributed by atoms with Gasteiger partial charge in [0.15, 0.2) is 0 Å². The molecule has 0 heterocycles. The summed E-state index contributed by atoms with van der Waals surface area (Å²) in [6.07, 6.45) is 24.1. The highest BCUT2D eigenvalue weighted by molar-refractivity contribution is 5.72. The average Bonchev–Trinajstić information content (AvgIpc) is 2.89. The summed E-state index contributed by atoms with van der Waals surface area (Å²) >= 11 is 0. The minimum Gasteiger partial charge on any atom is -0.465 e. The molecule has 36 heavy (non-hydrogen) atoms. The molecule has 0 aromatic heterocycles. The number of esters is 2. The van der Waals surface area contributed by atoms with Gasteiger partial charge in [-0.3, -0.25) is 9.59 Å². The van der Waals surface area contributed by atoms with Gasteiger partial charge in [0.1, 0.15) is 0 Å². The van der Waals surface area contributed by atoms with Gasteiger partial charge in [0.25, 0.3) is 0 Å². The van der Waals surface area contributed by atoms with Gasteiger partial charge >= 0.3 is 11.9 Å². The zero-order valence-electron chi connectivity index (χ0n) is 24.8. The molecule has 5 heteroatoms.